The summed E-state index contributed by atoms with van der Waals surface area (Å²) in [5.41, 5.74) is 12.5. The van der Waals surface area contributed by atoms with E-state index in [9.17, 15) is 0 Å². The van der Waals surface area contributed by atoms with Gasteiger partial charge in [-0.15, -0.1) is 0 Å². The van der Waals surface area contributed by atoms with Gasteiger partial charge in [-0.1, -0.05) is 33.1 Å². The molecule has 2 atom stereocenters. The molecule has 1 fully saturated rings. The Morgan fingerprint density at radius 2 is 2.00 bits per heavy atom. The van der Waals surface area contributed by atoms with Crippen LogP contribution < -0.4 is 11.5 Å². The van der Waals surface area contributed by atoms with Gasteiger partial charge in [-0.25, -0.2) is 0 Å². The number of hydrogen-bond donors (Lipinski definition) is 2. The second-order valence-corrected chi connectivity index (χ2v) is 4.60. The molecule has 13 heavy (non-hydrogen) atoms. The summed E-state index contributed by atoms with van der Waals surface area (Å²) >= 11 is 0. The SMILES string of the molecule is CCC(CC)C1(N)CCCC(N)C1. The summed E-state index contributed by atoms with van der Waals surface area (Å²) in [7, 11) is 0. The van der Waals surface area contributed by atoms with Gasteiger partial charge in [-0.3, -0.25) is 0 Å². The second kappa shape index (κ2) is 4.43. The summed E-state index contributed by atoms with van der Waals surface area (Å²) in [5, 5.41) is 0. The van der Waals surface area contributed by atoms with Crippen molar-refractivity contribution in [3.8, 4) is 0 Å². The van der Waals surface area contributed by atoms with E-state index in [-0.39, 0.29) is 5.54 Å². The van der Waals surface area contributed by atoms with Gasteiger partial charge in [0.1, 0.15) is 0 Å². The van der Waals surface area contributed by atoms with E-state index in [0.29, 0.717) is 12.0 Å². The van der Waals surface area contributed by atoms with E-state index < -0.39 is 0 Å². The van der Waals surface area contributed by atoms with Crippen molar-refractivity contribution in [3.05, 3.63) is 0 Å². The third-order valence-electron chi connectivity index (χ3n) is 3.66. The number of nitrogens with two attached hydrogens (primary N) is 2. The maximum absolute atomic E-state index is 6.43. The van der Waals surface area contributed by atoms with Gasteiger partial charge >= 0.3 is 0 Å². The molecule has 0 aromatic carbocycles. The Kier molecular flexibility index (Phi) is 3.74. The lowest BCUT2D eigenvalue weighted by atomic mass is 9.70. The fourth-order valence-corrected chi connectivity index (χ4v) is 2.86. The molecule has 1 rings (SSSR count). The Morgan fingerprint density at radius 3 is 2.46 bits per heavy atom. The van der Waals surface area contributed by atoms with Crippen molar-refractivity contribution in [1.29, 1.82) is 0 Å². The first-order chi connectivity index (χ1) is 6.12. The molecule has 0 radical (unpaired) electrons. The summed E-state index contributed by atoms with van der Waals surface area (Å²) in [6.45, 7) is 4.48. The Balaban J connectivity index is 2.61. The summed E-state index contributed by atoms with van der Waals surface area (Å²) < 4.78 is 0. The molecule has 1 aliphatic carbocycles. The van der Waals surface area contributed by atoms with E-state index in [1.165, 1.54) is 32.1 Å². The van der Waals surface area contributed by atoms with Crippen LogP contribution in [0.2, 0.25) is 0 Å². The van der Waals surface area contributed by atoms with Crippen LogP contribution in [0.1, 0.15) is 52.4 Å². The molecule has 0 aromatic heterocycles. The lowest BCUT2D eigenvalue weighted by molar-refractivity contribution is 0.171. The normalized spacial score (nSPS) is 35.3. The fourth-order valence-electron chi connectivity index (χ4n) is 2.86. The molecule has 2 nitrogen and oxygen atoms in total. The predicted molar refractivity (Wildman–Crippen MR) is 57.4 cm³/mol. The predicted octanol–water partition coefficient (Wildman–Crippen LogP) is 2.02. The van der Waals surface area contributed by atoms with Crippen molar-refractivity contribution in [2.24, 2.45) is 17.4 Å². The zero-order valence-corrected chi connectivity index (χ0v) is 9.05. The minimum Gasteiger partial charge on any atom is -0.328 e. The Morgan fingerprint density at radius 1 is 1.38 bits per heavy atom. The maximum Gasteiger partial charge on any atom is 0.0197 e. The van der Waals surface area contributed by atoms with Crippen molar-refractivity contribution in [1.82, 2.24) is 0 Å². The first-order valence-corrected chi connectivity index (χ1v) is 5.66. The molecule has 0 aromatic rings. The van der Waals surface area contributed by atoms with Gasteiger partial charge in [0.05, 0.1) is 0 Å². The quantitative estimate of drug-likeness (QED) is 0.705. The molecular formula is C11H24N2. The monoisotopic (exact) mass is 184 g/mol. The molecule has 0 aliphatic heterocycles. The van der Waals surface area contributed by atoms with Gasteiger partial charge in [-0.2, -0.15) is 0 Å². The first kappa shape index (κ1) is 11.0. The molecule has 0 heterocycles. The van der Waals surface area contributed by atoms with Crippen molar-refractivity contribution in [2.45, 2.75) is 64.0 Å². The van der Waals surface area contributed by atoms with Crippen LogP contribution in [0.15, 0.2) is 0 Å². The average molecular weight is 184 g/mol. The second-order valence-electron chi connectivity index (χ2n) is 4.60. The summed E-state index contributed by atoms with van der Waals surface area (Å²) in [6, 6.07) is 0.347. The highest BCUT2D eigenvalue weighted by Gasteiger charge is 2.36. The van der Waals surface area contributed by atoms with E-state index in [1.54, 1.807) is 0 Å². The number of rotatable bonds is 3. The van der Waals surface area contributed by atoms with E-state index in [4.69, 9.17) is 11.5 Å². The standard InChI is InChI=1S/C11H24N2/c1-3-9(4-2)11(13)7-5-6-10(12)8-11/h9-10H,3-8,12-13H2,1-2H3. The first-order valence-electron chi connectivity index (χ1n) is 5.66. The third kappa shape index (κ3) is 2.44. The fraction of sp³-hybridized carbons (Fsp3) is 1.00. The summed E-state index contributed by atoms with van der Waals surface area (Å²) in [6.07, 6.45) is 6.97. The smallest absolute Gasteiger partial charge is 0.0197 e. The van der Waals surface area contributed by atoms with Gasteiger partial charge in [0.15, 0.2) is 0 Å². The molecular weight excluding hydrogens is 160 g/mol. The highest BCUT2D eigenvalue weighted by molar-refractivity contribution is 4.96. The Hall–Kier alpha value is -0.0800. The average Bonchev–Trinajstić information content (AvgIpc) is 2.05. The van der Waals surface area contributed by atoms with E-state index in [1.807, 2.05) is 0 Å². The molecule has 1 saturated carbocycles. The van der Waals surface area contributed by atoms with Crippen molar-refractivity contribution in [2.75, 3.05) is 0 Å². The van der Waals surface area contributed by atoms with Gasteiger partial charge in [0.25, 0.3) is 0 Å². The maximum atomic E-state index is 6.43. The lowest BCUT2D eigenvalue weighted by Crippen LogP contribution is -2.53. The molecule has 0 spiro atoms. The highest BCUT2D eigenvalue weighted by Crippen LogP contribution is 2.34. The van der Waals surface area contributed by atoms with Crippen LogP contribution in [-0.4, -0.2) is 11.6 Å². The number of hydrogen-bond acceptors (Lipinski definition) is 2. The molecule has 0 saturated heterocycles. The zero-order chi connectivity index (χ0) is 9.90. The molecule has 2 heteroatoms. The lowest BCUT2D eigenvalue weighted by Gasteiger charge is -2.42. The van der Waals surface area contributed by atoms with E-state index >= 15 is 0 Å². The molecule has 1 aliphatic rings. The minimum absolute atomic E-state index is 0.0428. The largest absolute Gasteiger partial charge is 0.328 e. The van der Waals surface area contributed by atoms with E-state index in [0.717, 1.165) is 6.42 Å². The third-order valence-corrected chi connectivity index (χ3v) is 3.66. The summed E-state index contributed by atoms with van der Waals surface area (Å²) in [4.78, 5) is 0. The van der Waals surface area contributed by atoms with Crippen LogP contribution >= 0.6 is 0 Å². The van der Waals surface area contributed by atoms with Crippen LogP contribution in [0.4, 0.5) is 0 Å². The van der Waals surface area contributed by atoms with Crippen LogP contribution in [0.25, 0.3) is 0 Å². The topological polar surface area (TPSA) is 52.0 Å². The van der Waals surface area contributed by atoms with Crippen molar-refractivity contribution >= 4 is 0 Å². The van der Waals surface area contributed by atoms with Crippen LogP contribution in [0, 0.1) is 5.92 Å². The van der Waals surface area contributed by atoms with Gasteiger partial charge in [0, 0.05) is 11.6 Å². The van der Waals surface area contributed by atoms with Crippen molar-refractivity contribution < 1.29 is 0 Å². The van der Waals surface area contributed by atoms with Crippen LogP contribution in [-0.2, 0) is 0 Å². The molecule has 2 unspecified atom stereocenters. The van der Waals surface area contributed by atoms with Crippen molar-refractivity contribution in [3.63, 3.8) is 0 Å². The minimum atomic E-state index is 0.0428. The van der Waals surface area contributed by atoms with E-state index in [2.05, 4.69) is 13.8 Å². The van der Waals surface area contributed by atoms with Gasteiger partial charge in [-0.05, 0) is 25.2 Å². The summed E-state index contributed by atoms with van der Waals surface area (Å²) in [5.74, 6) is 0.666. The van der Waals surface area contributed by atoms with Gasteiger partial charge < -0.3 is 11.5 Å². The highest BCUT2D eigenvalue weighted by atomic mass is 14.8. The van der Waals surface area contributed by atoms with Crippen LogP contribution in [0.3, 0.4) is 0 Å². The molecule has 4 N–H and O–H groups in total. The Labute approximate surface area is 82.1 Å². The molecule has 78 valence electrons. The van der Waals surface area contributed by atoms with Gasteiger partial charge in [0.2, 0.25) is 0 Å². The molecule has 0 amide bonds. The molecule has 0 bridgehead atoms. The Bertz CT molecular complexity index is 154. The van der Waals surface area contributed by atoms with Crippen LogP contribution in [0.5, 0.6) is 0 Å². The zero-order valence-electron chi connectivity index (χ0n) is 9.05.